The van der Waals surface area contributed by atoms with Gasteiger partial charge in [-0.2, -0.15) is 5.26 Å². The number of benzene rings is 1. The highest BCUT2D eigenvalue weighted by Gasteiger charge is 2.04. The van der Waals surface area contributed by atoms with Gasteiger partial charge in [0.25, 0.3) is 0 Å². The zero-order valence-corrected chi connectivity index (χ0v) is 10.1. The molecule has 0 saturated carbocycles. The first kappa shape index (κ1) is 13.3. The van der Waals surface area contributed by atoms with E-state index in [1.807, 2.05) is 6.08 Å². The molecule has 3 heteroatoms. The number of unbranched alkanes of at least 4 members (excludes halogenated alkanes) is 1. The Morgan fingerprint density at radius 2 is 2.29 bits per heavy atom. The first-order chi connectivity index (χ1) is 8.31. The first-order valence-electron chi connectivity index (χ1n) is 5.57. The summed E-state index contributed by atoms with van der Waals surface area (Å²) in [6.45, 7) is 4.81. The van der Waals surface area contributed by atoms with Gasteiger partial charge in [-0.3, -0.25) is 0 Å². The van der Waals surface area contributed by atoms with Gasteiger partial charge in [0.2, 0.25) is 0 Å². The van der Waals surface area contributed by atoms with E-state index < -0.39 is 0 Å². The fourth-order valence-corrected chi connectivity index (χ4v) is 1.47. The molecular formula is C14H17NO2. The van der Waals surface area contributed by atoms with Gasteiger partial charge in [0.05, 0.1) is 25.3 Å². The normalized spacial score (nSPS) is 9.65. The minimum absolute atomic E-state index is 0.468. The molecule has 0 atom stereocenters. The summed E-state index contributed by atoms with van der Waals surface area (Å²) in [5, 5.41) is 8.82. The van der Waals surface area contributed by atoms with Crippen LogP contribution in [0, 0.1) is 11.3 Å². The van der Waals surface area contributed by atoms with E-state index >= 15 is 0 Å². The van der Waals surface area contributed by atoms with Crippen molar-refractivity contribution in [3.8, 4) is 11.8 Å². The number of ether oxygens (including phenoxy) is 2. The van der Waals surface area contributed by atoms with Crippen LogP contribution in [0.3, 0.4) is 0 Å². The van der Waals surface area contributed by atoms with Gasteiger partial charge in [0, 0.05) is 12.2 Å². The average molecular weight is 231 g/mol. The van der Waals surface area contributed by atoms with Crippen molar-refractivity contribution in [2.24, 2.45) is 0 Å². The molecule has 0 aliphatic rings. The summed E-state index contributed by atoms with van der Waals surface area (Å²) >= 11 is 0. The van der Waals surface area contributed by atoms with Gasteiger partial charge in [-0.15, -0.1) is 6.58 Å². The molecule has 0 aliphatic heterocycles. The largest absolute Gasteiger partial charge is 0.496 e. The van der Waals surface area contributed by atoms with Gasteiger partial charge < -0.3 is 9.47 Å². The maximum atomic E-state index is 8.82. The predicted octanol–water partition coefficient (Wildman–Crippen LogP) is 3.05. The van der Waals surface area contributed by atoms with Crippen LogP contribution in [0.15, 0.2) is 30.9 Å². The number of allylic oxidation sites excluding steroid dienone is 1. The standard InChI is InChI=1S/C14H17NO2/c1-3-4-5-8-17-11-13-9-12(10-15)6-7-14(13)16-2/h3,6-7,9H,1,4-5,8,11H2,2H3. The average Bonchev–Trinajstić information content (AvgIpc) is 2.38. The lowest BCUT2D eigenvalue weighted by Crippen LogP contribution is -1.98. The van der Waals surface area contributed by atoms with Crippen LogP contribution in [0.4, 0.5) is 0 Å². The Bertz CT molecular complexity index is 407. The van der Waals surface area contributed by atoms with E-state index in [2.05, 4.69) is 12.6 Å². The molecule has 0 heterocycles. The minimum atomic E-state index is 0.468. The number of nitriles is 1. The summed E-state index contributed by atoms with van der Waals surface area (Å²) in [7, 11) is 1.61. The van der Waals surface area contributed by atoms with Crippen molar-refractivity contribution in [2.75, 3.05) is 13.7 Å². The number of hydrogen-bond donors (Lipinski definition) is 0. The van der Waals surface area contributed by atoms with E-state index in [1.165, 1.54) is 0 Å². The molecule has 0 spiro atoms. The predicted molar refractivity (Wildman–Crippen MR) is 66.8 cm³/mol. The van der Waals surface area contributed by atoms with Crippen molar-refractivity contribution < 1.29 is 9.47 Å². The molecule has 3 nitrogen and oxygen atoms in total. The Balaban J connectivity index is 2.56. The Hall–Kier alpha value is -1.79. The smallest absolute Gasteiger partial charge is 0.124 e. The molecule has 0 aliphatic carbocycles. The maximum Gasteiger partial charge on any atom is 0.124 e. The Morgan fingerprint density at radius 1 is 1.47 bits per heavy atom. The van der Waals surface area contributed by atoms with Gasteiger partial charge in [-0.1, -0.05) is 6.08 Å². The molecule has 0 N–H and O–H groups in total. The Labute approximate surface area is 102 Å². The highest BCUT2D eigenvalue weighted by Crippen LogP contribution is 2.20. The molecule has 0 unspecified atom stereocenters. The van der Waals surface area contributed by atoms with Gasteiger partial charge in [-0.05, 0) is 31.0 Å². The highest BCUT2D eigenvalue weighted by molar-refractivity contribution is 5.41. The van der Waals surface area contributed by atoms with E-state index in [4.69, 9.17) is 14.7 Å². The molecule has 0 fully saturated rings. The lowest BCUT2D eigenvalue weighted by molar-refractivity contribution is 0.117. The van der Waals surface area contributed by atoms with Crippen molar-refractivity contribution in [1.82, 2.24) is 0 Å². The molecule has 0 saturated heterocycles. The molecule has 0 amide bonds. The Kier molecular flexibility index (Phi) is 5.84. The maximum absolute atomic E-state index is 8.82. The molecular weight excluding hydrogens is 214 g/mol. The fraction of sp³-hybridized carbons (Fsp3) is 0.357. The molecule has 1 aromatic rings. The van der Waals surface area contributed by atoms with E-state index in [-0.39, 0.29) is 0 Å². The third-order valence-corrected chi connectivity index (χ3v) is 2.36. The van der Waals surface area contributed by atoms with E-state index in [0.29, 0.717) is 18.8 Å². The molecule has 17 heavy (non-hydrogen) atoms. The van der Waals surface area contributed by atoms with Crippen molar-refractivity contribution in [3.05, 3.63) is 42.0 Å². The highest BCUT2D eigenvalue weighted by atomic mass is 16.5. The van der Waals surface area contributed by atoms with Gasteiger partial charge in [0.15, 0.2) is 0 Å². The monoisotopic (exact) mass is 231 g/mol. The van der Waals surface area contributed by atoms with Crippen molar-refractivity contribution in [3.63, 3.8) is 0 Å². The summed E-state index contributed by atoms with van der Waals surface area (Å²) in [6, 6.07) is 7.43. The molecule has 0 bridgehead atoms. The van der Waals surface area contributed by atoms with Crippen molar-refractivity contribution in [2.45, 2.75) is 19.4 Å². The summed E-state index contributed by atoms with van der Waals surface area (Å²) in [6.07, 6.45) is 3.79. The summed E-state index contributed by atoms with van der Waals surface area (Å²) in [4.78, 5) is 0. The first-order valence-corrected chi connectivity index (χ1v) is 5.57. The molecule has 0 aromatic heterocycles. The molecule has 90 valence electrons. The van der Waals surface area contributed by atoms with Crippen LogP contribution < -0.4 is 4.74 Å². The zero-order valence-electron chi connectivity index (χ0n) is 10.1. The minimum Gasteiger partial charge on any atom is -0.496 e. The van der Waals surface area contributed by atoms with Crippen LogP contribution in [0.25, 0.3) is 0 Å². The van der Waals surface area contributed by atoms with Crippen molar-refractivity contribution in [1.29, 1.82) is 5.26 Å². The van der Waals surface area contributed by atoms with Crippen LogP contribution in [0.2, 0.25) is 0 Å². The van der Waals surface area contributed by atoms with Gasteiger partial charge in [0.1, 0.15) is 5.75 Å². The van der Waals surface area contributed by atoms with Crippen LogP contribution >= 0.6 is 0 Å². The molecule has 0 radical (unpaired) electrons. The van der Waals surface area contributed by atoms with Crippen LogP contribution in [-0.2, 0) is 11.3 Å². The molecule has 1 rings (SSSR count). The third kappa shape index (κ3) is 4.29. The van der Waals surface area contributed by atoms with E-state index in [0.717, 1.165) is 24.2 Å². The second kappa shape index (κ2) is 7.48. The second-order valence-electron chi connectivity index (χ2n) is 3.62. The van der Waals surface area contributed by atoms with Gasteiger partial charge in [-0.25, -0.2) is 0 Å². The third-order valence-electron chi connectivity index (χ3n) is 2.36. The number of hydrogen-bond acceptors (Lipinski definition) is 3. The number of nitrogens with zero attached hydrogens (tertiary/aromatic N) is 1. The lowest BCUT2D eigenvalue weighted by atomic mass is 10.1. The number of rotatable bonds is 7. The van der Waals surface area contributed by atoms with Crippen LogP contribution in [0.1, 0.15) is 24.0 Å². The van der Waals surface area contributed by atoms with E-state index in [9.17, 15) is 0 Å². The summed E-state index contributed by atoms with van der Waals surface area (Å²) < 4.78 is 10.7. The van der Waals surface area contributed by atoms with Crippen LogP contribution in [-0.4, -0.2) is 13.7 Å². The zero-order chi connectivity index (χ0) is 12.5. The SMILES string of the molecule is C=CCCCOCc1cc(C#N)ccc1OC. The second-order valence-corrected chi connectivity index (χ2v) is 3.62. The number of methoxy groups -OCH3 is 1. The lowest BCUT2D eigenvalue weighted by Gasteiger charge is -2.09. The van der Waals surface area contributed by atoms with Gasteiger partial charge >= 0.3 is 0 Å². The summed E-state index contributed by atoms with van der Waals surface area (Å²) in [5.41, 5.74) is 1.53. The Morgan fingerprint density at radius 3 is 2.94 bits per heavy atom. The topological polar surface area (TPSA) is 42.2 Å². The van der Waals surface area contributed by atoms with Crippen molar-refractivity contribution >= 4 is 0 Å². The quantitative estimate of drug-likeness (QED) is 0.535. The molecule has 1 aromatic carbocycles. The fourth-order valence-electron chi connectivity index (χ4n) is 1.47. The van der Waals surface area contributed by atoms with E-state index in [1.54, 1.807) is 25.3 Å². The van der Waals surface area contributed by atoms with Crippen LogP contribution in [0.5, 0.6) is 5.75 Å². The summed E-state index contributed by atoms with van der Waals surface area (Å²) in [5.74, 6) is 0.757.